The van der Waals surface area contributed by atoms with Crippen LogP contribution in [0.4, 0.5) is 0 Å². The first-order valence-corrected chi connectivity index (χ1v) is 8.50. The second-order valence-electron chi connectivity index (χ2n) is 7.18. The van der Waals surface area contributed by atoms with Gasteiger partial charge in [0.1, 0.15) is 6.04 Å². The molecule has 1 aromatic carbocycles. The van der Waals surface area contributed by atoms with Crippen molar-refractivity contribution in [1.29, 1.82) is 0 Å². The van der Waals surface area contributed by atoms with Crippen molar-refractivity contribution >= 4 is 5.97 Å². The van der Waals surface area contributed by atoms with E-state index in [9.17, 15) is 9.90 Å². The summed E-state index contributed by atoms with van der Waals surface area (Å²) in [6.45, 7) is 6.78. The average Bonchev–Trinajstić information content (AvgIpc) is 2.47. The molecule has 4 atom stereocenters. The number of benzene rings is 1. The van der Waals surface area contributed by atoms with Crippen molar-refractivity contribution in [1.82, 2.24) is 5.32 Å². The van der Waals surface area contributed by atoms with Crippen molar-refractivity contribution in [3.8, 4) is 0 Å². The molecule has 1 fully saturated rings. The first kappa shape index (κ1) is 17.0. The van der Waals surface area contributed by atoms with E-state index in [1.165, 1.54) is 12.8 Å². The fraction of sp³-hybridized carbons (Fsp3) is 0.632. The van der Waals surface area contributed by atoms with Gasteiger partial charge < -0.3 is 10.4 Å². The van der Waals surface area contributed by atoms with Gasteiger partial charge in [0.15, 0.2) is 0 Å². The molecule has 3 nitrogen and oxygen atoms in total. The second-order valence-corrected chi connectivity index (χ2v) is 7.18. The summed E-state index contributed by atoms with van der Waals surface area (Å²) in [4.78, 5) is 11.7. The number of aliphatic carboxylic acids is 1. The Labute approximate surface area is 134 Å². The summed E-state index contributed by atoms with van der Waals surface area (Å²) in [6.07, 6.45) is 4.10. The van der Waals surface area contributed by atoms with E-state index in [1.807, 2.05) is 30.3 Å². The number of rotatable bonds is 6. The minimum Gasteiger partial charge on any atom is -0.480 e. The van der Waals surface area contributed by atoms with Crippen molar-refractivity contribution in [2.75, 3.05) is 0 Å². The molecule has 0 amide bonds. The third-order valence-corrected chi connectivity index (χ3v) is 5.02. The Morgan fingerprint density at radius 1 is 1.27 bits per heavy atom. The van der Waals surface area contributed by atoms with Crippen molar-refractivity contribution < 1.29 is 9.90 Å². The summed E-state index contributed by atoms with van der Waals surface area (Å²) in [5, 5.41) is 13.1. The second kappa shape index (κ2) is 7.77. The zero-order valence-corrected chi connectivity index (χ0v) is 14.0. The molecule has 0 bridgehead atoms. The largest absolute Gasteiger partial charge is 0.480 e. The molecule has 1 aromatic rings. The van der Waals surface area contributed by atoms with E-state index in [4.69, 9.17) is 0 Å². The molecule has 122 valence electrons. The third-order valence-electron chi connectivity index (χ3n) is 5.02. The molecule has 0 aliphatic heterocycles. The monoisotopic (exact) mass is 303 g/mol. The zero-order chi connectivity index (χ0) is 16.1. The summed E-state index contributed by atoms with van der Waals surface area (Å²) in [7, 11) is 0. The van der Waals surface area contributed by atoms with Crippen LogP contribution in [0.3, 0.4) is 0 Å². The first-order valence-electron chi connectivity index (χ1n) is 8.50. The van der Waals surface area contributed by atoms with Gasteiger partial charge in [-0.25, -0.2) is 0 Å². The van der Waals surface area contributed by atoms with Gasteiger partial charge in [0.25, 0.3) is 0 Å². The lowest BCUT2D eigenvalue weighted by Crippen LogP contribution is -2.51. The van der Waals surface area contributed by atoms with E-state index in [1.54, 1.807) is 0 Å². The van der Waals surface area contributed by atoms with Gasteiger partial charge in [0.05, 0.1) is 0 Å². The molecular formula is C19H29NO2. The minimum absolute atomic E-state index is 0.313. The van der Waals surface area contributed by atoms with Crippen LogP contribution in [-0.4, -0.2) is 23.2 Å². The molecule has 2 N–H and O–H groups in total. The highest BCUT2D eigenvalue weighted by Gasteiger charge is 2.33. The van der Waals surface area contributed by atoms with Crippen LogP contribution in [0.5, 0.6) is 0 Å². The van der Waals surface area contributed by atoms with E-state index < -0.39 is 12.0 Å². The van der Waals surface area contributed by atoms with Gasteiger partial charge in [-0.3, -0.25) is 4.79 Å². The molecule has 0 heterocycles. The van der Waals surface area contributed by atoms with E-state index in [2.05, 4.69) is 26.1 Å². The maximum Gasteiger partial charge on any atom is 0.321 e. The number of hydrogen-bond acceptors (Lipinski definition) is 2. The van der Waals surface area contributed by atoms with E-state index in [-0.39, 0.29) is 0 Å². The van der Waals surface area contributed by atoms with Crippen LogP contribution in [0.1, 0.15) is 45.6 Å². The van der Waals surface area contributed by atoms with Crippen LogP contribution >= 0.6 is 0 Å². The summed E-state index contributed by atoms with van der Waals surface area (Å²) < 4.78 is 0. The molecule has 0 aromatic heterocycles. The molecular weight excluding hydrogens is 274 g/mol. The molecule has 0 saturated heterocycles. The van der Waals surface area contributed by atoms with Crippen LogP contribution in [0.2, 0.25) is 0 Å². The molecule has 2 rings (SSSR count). The first-order chi connectivity index (χ1) is 10.5. The van der Waals surface area contributed by atoms with Gasteiger partial charge in [0, 0.05) is 6.04 Å². The van der Waals surface area contributed by atoms with Crippen LogP contribution < -0.4 is 5.32 Å². The van der Waals surface area contributed by atoms with E-state index >= 15 is 0 Å². The van der Waals surface area contributed by atoms with Crippen LogP contribution in [0.15, 0.2) is 30.3 Å². The Morgan fingerprint density at radius 2 is 1.95 bits per heavy atom. The Balaban J connectivity index is 2.06. The van der Waals surface area contributed by atoms with Crippen molar-refractivity contribution in [2.24, 2.45) is 17.8 Å². The van der Waals surface area contributed by atoms with Gasteiger partial charge >= 0.3 is 5.97 Å². The molecule has 1 aliphatic carbocycles. The Bertz CT molecular complexity index is 472. The van der Waals surface area contributed by atoms with Gasteiger partial charge in [-0.2, -0.15) is 0 Å². The van der Waals surface area contributed by atoms with Crippen molar-refractivity contribution in [3.05, 3.63) is 35.9 Å². The van der Waals surface area contributed by atoms with Crippen molar-refractivity contribution in [3.63, 3.8) is 0 Å². The summed E-state index contributed by atoms with van der Waals surface area (Å²) in [5.41, 5.74) is 1.08. The molecule has 0 radical (unpaired) electrons. The van der Waals surface area contributed by atoms with Crippen molar-refractivity contribution in [2.45, 2.75) is 58.5 Å². The normalized spacial score (nSPS) is 26.8. The van der Waals surface area contributed by atoms with Gasteiger partial charge in [-0.05, 0) is 42.6 Å². The van der Waals surface area contributed by atoms with Crippen LogP contribution in [-0.2, 0) is 11.2 Å². The number of carbonyl (C=O) groups is 1. The van der Waals surface area contributed by atoms with E-state index in [0.717, 1.165) is 12.0 Å². The molecule has 1 aliphatic rings. The molecule has 3 unspecified atom stereocenters. The number of nitrogens with one attached hydrogen (secondary N) is 1. The van der Waals surface area contributed by atoms with Crippen LogP contribution in [0, 0.1) is 17.8 Å². The zero-order valence-electron chi connectivity index (χ0n) is 14.0. The number of hydrogen-bond donors (Lipinski definition) is 2. The molecule has 22 heavy (non-hydrogen) atoms. The molecule has 0 spiro atoms. The lowest BCUT2D eigenvalue weighted by Gasteiger charge is -2.39. The summed E-state index contributed by atoms with van der Waals surface area (Å²) >= 11 is 0. The fourth-order valence-corrected chi connectivity index (χ4v) is 3.72. The highest BCUT2D eigenvalue weighted by molar-refractivity contribution is 5.74. The van der Waals surface area contributed by atoms with Gasteiger partial charge in [-0.15, -0.1) is 0 Å². The molecule has 1 saturated carbocycles. The summed E-state index contributed by atoms with van der Waals surface area (Å²) in [6, 6.07) is 9.71. The average molecular weight is 303 g/mol. The summed E-state index contributed by atoms with van der Waals surface area (Å²) in [5.74, 6) is 1.10. The quantitative estimate of drug-likeness (QED) is 0.842. The minimum atomic E-state index is -0.746. The highest BCUT2D eigenvalue weighted by Crippen LogP contribution is 2.33. The molecule has 3 heteroatoms. The van der Waals surface area contributed by atoms with Gasteiger partial charge in [0.2, 0.25) is 0 Å². The topological polar surface area (TPSA) is 49.3 Å². The van der Waals surface area contributed by atoms with Gasteiger partial charge in [-0.1, -0.05) is 57.5 Å². The third kappa shape index (κ3) is 4.57. The smallest absolute Gasteiger partial charge is 0.321 e. The van der Waals surface area contributed by atoms with Crippen LogP contribution in [0.25, 0.3) is 0 Å². The number of carboxylic acids is 1. The lowest BCUT2D eigenvalue weighted by atomic mass is 9.73. The SMILES string of the molecule is CC1CCC(C(C)C)C(N[C@@H](Cc2ccccc2)C(=O)O)C1. The Morgan fingerprint density at radius 3 is 2.55 bits per heavy atom. The highest BCUT2D eigenvalue weighted by atomic mass is 16.4. The lowest BCUT2D eigenvalue weighted by molar-refractivity contribution is -0.140. The number of carboxylic acid groups (broad SMARTS) is 1. The maximum absolute atomic E-state index is 11.7. The fourth-order valence-electron chi connectivity index (χ4n) is 3.72. The standard InChI is InChI=1S/C19H29NO2/c1-13(2)16-10-9-14(3)11-17(16)20-18(19(21)22)12-15-7-5-4-6-8-15/h4-8,13-14,16-18,20H,9-12H2,1-3H3,(H,21,22)/t14?,16?,17?,18-/m0/s1. The predicted molar refractivity (Wildman–Crippen MR) is 89.8 cm³/mol. The maximum atomic E-state index is 11.7. The Kier molecular flexibility index (Phi) is 6.01. The predicted octanol–water partition coefficient (Wildman–Crippen LogP) is 3.73. The van der Waals surface area contributed by atoms with E-state index in [0.29, 0.717) is 30.2 Å². The Hall–Kier alpha value is -1.35.